The summed E-state index contributed by atoms with van der Waals surface area (Å²) in [7, 11) is 0. The lowest BCUT2D eigenvalue weighted by Gasteiger charge is -2.30. The standard InChI is InChI=1S/C13H11F3N2O/c14-13(15,16)11-7-9(8-17)1-2-12(11)18-5-3-10(19)4-6-18/h1-2,7H,3-6H2. The molecule has 1 aliphatic rings. The highest BCUT2D eigenvalue weighted by Gasteiger charge is 2.35. The number of carbonyl (C=O) groups is 1. The fraction of sp³-hybridized carbons (Fsp3) is 0.385. The molecule has 1 aliphatic heterocycles. The molecule has 3 nitrogen and oxygen atoms in total. The number of ketones is 1. The summed E-state index contributed by atoms with van der Waals surface area (Å²) in [5.41, 5.74) is -0.802. The number of piperidine rings is 1. The third-order valence-electron chi connectivity index (χ3n) is 3.09. The summed E-state index contributed by atoms with van der Waals surface area (Å²) < 4.78 is 39.0. The molecule has 0 saturated carbocycles. The molecule has 1 saturated heterocycles. The molecule has 1 heterocycles. The number of nitrogens with zero attached hydrogens (tertiary/aromatic N) is 2. The number of carbonyl (C=O) groups excluding carboxylic acids is 1. The van der Waals surface area contributed by atoms with E-state index in [1.54, 1.807) is 11.0 Å². The zero-order valence-electron chi connectivity index (χ0n) is 10.00. The van der Waals surface area contributed by atoms with E-state index in [2.05, 4.69) is 0 Å². The van der Waals surface area contributed by atoms with E-state index in [1.165, 1.54) is 12.1 Å². The molecule has 100 valence electrons. The summed E-state index contributed by atoms with van der Waals surface area (Å²) in [4.78, 5) is 12.7. The number of halogens is 3. The van der Waals surface area contributed by atoms with Gasteiger partial charge in [-0.25, -0.2) is 0 Å². The number of anilines is 1. The van der Waals surface area contributed by atoms with Gasteiger partial charge in [0.05, 0.1) is 17.2 Å². The molecule has 0 spiro atoms. The third kappa shape index (κ3) is 2.87. The minimum atomic E-state index is -4.51. The lowest BCUT2D eigenvalue weighted by Crippen LogP contribution is -2.35. The fourth-order valence-corrected chi connectivity index (χ4v) is 2.11. The van der Waals surface area contributed by atoms with E-state index in [-0.39, 0.29) is 43.0 Å². The highest BCUT2D eigenvalue weighted by molar-refractivity contribution is 5.81. The zero-order chi connectivity index (χ0) is 14.0. The number of hydrogen-bond donors (Lipinski definition) is 0. The maximum Gasteiger partial charge on any atom is 0.418 e. The molecule has 19 heavy (non-hydrogen) atoms. The summed E-state index contributed by atoms with van der Waals surface area (Å²) >= 11 is 0. The molecular formula is C13H11F3N2O. The molecule has 0 aliphatic carbocycles. The number of benzene rings is 1. The Hall–Kier alpha value is -2.03. The van der Waals surface area contributed by atoms with Gasteiger partial charge in [0, 0.05) is 31.6 Å². The molecule has 2 rings (SSSR count). The van der Waals surface area contributed by atoms with Crippen LogP contribution >= 0.6 is 0 Å². The van der Waals surface area contributed by atoms with Gasteiger partial charge >= 0.3 is 6.18 Å². The van der Waals surface area contributed by atoms with Gasteiger partial charge in [-0.1, -0.05) is 0 Å². The second-order valence-corrected chi connectivity index (χ2v) is 4.37. The van der Waals surface area contributed by atoms with Crippen LogP contribution in [0.3, 0.4) is 0 Å². The van der Waals surface area contributed by atoms with Gasteiger partial charge in [0.1, 0.15) is 5.78 Å². The van der Waals surface area contributed by atoms with Crippen LogP contribution < -0.4 is 4.90 Å². The van der Waals surface area contributed by atoms with Crippen LogP contribution in [0.4, 0.5) is 18.9 Å². The monoisotopic (exact) mass is 268 g/mol. The van der Waals surface area contributed by atoms with Crippen molar-refractivity contribution in [3.8, 4) is 6.07 Å². The lowest BCUT2D eigenvalue weighted by molar-refractivity contribution is -0.137. The van der Waals surface area contributed by atoms with Crippen LogP contribution in [0.1, 0.15) is 24.0 Å². The topological polar surface area (TPSA) is 44.1 Å². The van der Waals surface area contributed by atoms with Crippen molar-refractivity contribution in [2.45, 2.75) is 19.0 Å². The molecule has 0 bridgehead atoms. The molecule has 0 unspecified atom stereocenters. The first-order valence-corrected chi connectivity index (χ1v) is 5.80. The fourth-order valence-electron chi connectivity index (χ4n) is 2.11. The second kappa shape index (κ2) is 4.92. The number of alkyl halides is 3. The molecule has 0 amide bonds. The Morgan fingerprint density at radius 1 is 1.21 bits per heavy atom. The first kappa shape index (κ1) is 13.4. The largest absolute Gasteiger partial charge is 0.418 e. The Balaban J connectivity index is 2.40. The minimum absolute atomic E-state index is 0.0239. The van der Waals surface area contributed by atoms with Crippen molar-refractivity contribution in [1.29, 1.82) is 5.26 Å². The van der Waals surface area contributed by atoms with Crippen molar-refractivity contribution in [3.05, 3.63) is 29.3 Å². The van der Waals surface area contributed by atoms with E-state index in [0.29, 0.717) is 0 Å². The predicted molar refractivity (Wildman–Crippen MR) is 62.6 cm³/mol. The van der Waals surface area contributed by atoms with Crippen LogP contribution in [-0.2, 0) is 11.0 Å². The highest BCUT2D eigenvalue weighted by Crippen LogP contribution is 2.37. The number of Topliss-reactive ketones (excluding diaryl/α,β-unsaturated/α-hetero) is 1. The lowest BCUT2D eigenvalue weighted by atomic mass is 10.0. The van der Waals surface area contributed by atoms with E-state index < -0.39 is 11.7 Å². The van der Waals surface area contributed by atoms with Crippen molar-refractivity contribution in [3.63, 3.8) is 0 Å². The first-order valence-electron chi connectivity index (χ1n) is 5.80. The van der Waals surface area contributed by atoms with E-state index in [9.17, 15) is 18.0 Å². The van der Waals surface area contributed by atoms with Crippen LogP contribution in [-0.4, -0.2) is 18.9 Å². The molecular weight excluding hydrogens is 257 g/mol. The maximum atomic E-state index is 13.0. The summed E-state index contributed by atoms with van der Waals surface area (Å²) in [5.74, 6) is 0.0680. The van der Waals surface area contributed by atoms with Gasteiger partial charge < -0.3 is 4.90 Å². The van der Waals surface area contributed by atoms with Crippen LogP contribution in [0.15, 0.2) is 18.2 Å². The normalized spacial score (nSPS) is 16.3. The van der Waals surface area contributed by atoms with Crippen LogP contribution in [0.25, 0.3) is 0 Å². The van der Waals surface area contributed by atoms with Gasteiger partial charge in [0.2, 0.25) is 0 Å². The number of hydrogen-bond acceptors (Lipinski definition) is 3. The smallest absolute Gasteiger partial charge is 0.370 e. The van der Waals surface area contributed by atoms with Gasteiger partial charge in [-0.3, -0.25) is 4.79 Å². The van der Waals surface area contributed by atoms with Crippen molar-refractivity contribution in [1.82, 2.24) is 0 Å². The Bertz CT molecular complexity index is 536. The van der Waals surface area contributed by atoms with Gasteiger partial charge in [0.25, 0.3) is 0 Å². The predicted octanol–water partition coefficient (Wildman–Crippen LogP) is 2.75. The number of rotatable bonds is 1. The summed E-state index contributed by atoms with van der Waals surface area (Å²) in [6.07, 6.45) is -3.99. The molecule has 0 aromatic heterocycles. The average Bonchev–Trinajstić information content (AvgIpc) is 2.38. The Morgan fingerprint density at radius 2 is 1.84 bits per heavy atom. The minimum Gasteiger partial charge on any atom is -0.370 e. The molecule has 1 aromatic rings. The zero-order valence-corrected chi connectivity index (χ0v) is 10.00. The van der Waals surface area contributed by atoms with Crippen molar-refractivity contribution in [2.24, 2.45) is 0 Å². The van der Waals surface area contributed by atoms with Gasteiger partial charge in [-0.05, 0) is 18.2 Å². The van der Waals surface area contributed by atoms with Crippen molar-refractivity contribution < 1.29 is 18.0 Å². The summed E-state index contributed by atoms with van der Waals surface area (Å²) in [6.45, 7) is 0.571. The molecule has 0 atom stereocenters. The molecule has 1 fully saturated rings. The second-order valence-electron chi connectivity index (χ2n) is 4.37. The van der Waals surface area contributed by atoms with E-state index in [4.69, 9.17) is 5.26 Å². The maximum absolute atomic E-state index is 13.0. The summed E-state index contributed by atoms with van der Waals surface area (Å²) in [6, 6.07) is 5.22. The quantitative estimate of drug-likeness (QED) is 0.786. The Labute approximate surface area is 108 Å². The Kier molecular flexibility index (Phi) is 3.47. The molecule has 0 N–H and O–H groups in total. The van der Waals surface area contributed by atoms with Gasteiger partial charge in [0.15, 0.2) is 0 Å². The van der Waals surface area contributed by atoms with Gasteiger partial charge in [-0.15, -0.1) is 0 Å². The Morgan fingerprint density at radius 3 is 2.37 bits per heavy atom. The third-order valence-corrected chi connectivity index (χ3v) is 3.09. The van der Waals surface area contributed by atoms with Crippen molar-refractivity contribution >= 4 is 11.5 Å². The van der Waals surface area contributed by atoms with Crippen LogP contribution in [0.2, 0.25) is 0 Å². The molecule has 1 aromatic carbocycles. The van der Waals surface area contributed by atoms with Crippen LogP contribution in [0, 0.1) is 11.3 Å². The number of nitriles is 1. The first-order chi connectivity index (χ1) is 8.91. The SMILES string of the molecule is N#Cc1ccc(N2CCC(=O)CC2)c(C(F)(F)F)c1. The highest BCUT2D eigenvalue weighted by atomic mass is 19.4. The van der Waals surface area contributed by atoms with Crippen LogP contribution in [0.5, 0.6) is 0 Å². The van der Waals surface area contributed by atoms with E-state index in [0.717, 1.165) is 6.07 Å². The molecule has 6 heteroatoms. The van der Waals surface area contributed by atoms with Gasteiger partial charge in [-0.2, -0.15) is 18.4 Å². The average molecular weight is 268 g/mol. The molecule has 0 radical (unpaired) electrons. The van der Waals surface area contributed by atoms with E-state index in [1.807, 2.05) is 0 Å². The summed E-state index contributed by atoms with van der Waals surface area (Å²) in [5, 5.41) is 8.69. The van der Waals surface area contributed by atoms with Crippen molar-refractivity contribution in [2.75, 3.05) is 18.0 Å². The van der Waals surface area contributed by atoms with E-state index >= 15 is 0 Å².